The highest BCUT2D eigenvalue weighted by Gasteiger charge is 2.40. The molecule has 0 aromatic rings. The number of fused-ring (bicyclic) bond motifs is 1. The third-order valence-corrected chi connectivity index (χ3v) is 1.94. The van der Waals surface area contributed by atoms with Crippen LogP contribution in [0.1, 0.15) is 6.42 Å². The maximum atomic E-state index is 9.15. The highest BCUT2D eigenvalue weighted by Crippen LogP contribution is 2.25. The molecule has 2 saturated heterocycles. The van der Waals surface area contributed by atoms with Crippen LogP contribution < -0.4 is 0 Å². The predicted octanol–water partition coefficient (Wildman–Crippen LogP) is -0.465. The van der Waals surface area contributed by atoms with Gasteiger partial charge in [-0.2, -0.15) is 0 Å². The van der Waals surface area contributed by atoms with Crippen LogP contribution >= 0.6 is 0 Å². The van der Waals surface area contributed by atoms with Gasteiger partial charge in [0.15, 0.2) is 0 Å². The van der Waals surface area contributed by atoms with Crippen molar-refractivity contribution in [3.63, 3.8) is 0 Å². The summed E-state index contributed by atoms with van der Waals surface area (Å²) in [6, 6.07) is 0. The van der Waals surface area contributed by atoms with E-state index in [1.54, 1.807) is 0 Å². The summed E-state index contributed by atoms with van der Waals surface area (Å²) in [6.45, 7) is 1.20. The van der Waals surface area contributed by atoms with Crippen LogP contribution in [0.3, 0.4) is 0 Å². The highest BCUT2D eigenvalue weighted by atomic mass is 16.6. The summed E-state index contributed by atoms with van der Waals surface area (Å²) < 4.78 is 10.4. The Balaban J connectivity index is 2.07. The molecule has 3 heteroatoms. The van der Waals surface area contributed by atoms with Crippen molar-refractivity contribution in [3.8, 4) is 0 Å². The van der Waals surface area contributed by atoms with E-state index < -0.39 is 0 Å². The van der Waals surface area contributed by atoms with Gasteiger partial charge in [0.05, 0.1) is 12.7 Å². The summed E-state index contributed by atoms with van der Waals surface area (Å²) in [5.74, 6) is 0. The Labute approximate surface area is 53.6 Å². The first-order valence-corrected chi connectivity index (χ1v) is 3.29. The van der Waals surface area contributed by atoms with E-state index >= 15 is 0 Å². The first-order chi connectivity index (χ1) is 4.38. The maximum Gasteiger partial charge on any atom is 0.112 e. The van der Waals surface area contributed by atoms with E-state index in [4.69, 9.17) is 14.6 Å². The second-order valence-electron chi connectivity index (χ2n) is 2.56. The lowest BCUT2D eigenvalue weighted by molar-refractivity contribution is 0.0187. The minimum Gasteiger partial charge on any atom is -0.388 e. The van der Waals surface area contributed by atoms with Gasteiger partial charge in [-0.1, -0.05) is 0 Å². The molecule has 9 heavy (non-hydrogen) atoms. The Morgan fingerprint density at radius 1 is 1.33 bits per heavy atom. The standard InChI is InChI=1S/C6H10O3/c7-4-3-9-5-1-2-8-6(4)5/h4-7H,1-3H2/t4?,5-,6?/m1/s1. The molecule has 2 rings (SSSR count). The zero-order valence-electron chi connectivity index (χ0n) is 5.12. The molecule has 1 N–H and O–H groups in total. The second kappa shape index (κ2) is 1.94. The van der Waals surface area contributed by atoms with E-state index in [0.29, 0.717) is 6.61 Å². The zero-order chi connectivity index (χ0) is 6.27. The van der Waals surface area contributed by atoms with Gasteiger partial charge in [-0.3, -0.25) is 0 Å². The third kappa shape index (κ3) is 0.764. The van der Waals surface area contributed by atoms with Crippen LogP contribution in [0, 0.1) is 0 Å². The first-order valence-electron chi connectivity index (χ1n) is 3.29. The summed E-state index contributed by atoms with van der Waals surface area (Å²) in [7, 11) is 0. The Morgan fingerprint density at radius 3 is 3.00 bits per heavy atom. The van der Waals surface area contributed by atoms with E-state index in [2.05, 4.69) is 0 Å². The third-order valence-electron chi connectivity index (χ3n) is 1.94. The SMILES string of the molecule is OC1CO[C@@H]2CCOC12. The van der Waals surface area contributed by atoms with Crippen molar-refractivity contribution in [3.05, 3.63) is 0 Å². The minimum absolute atomic E-state index is 0.0231. The quantitative estimate of drug-likeness (QED) is 0.482. The summed E-state index contributed by atoms with van der Waals surface area (Å²) in [5, 5.41) is 9.15. The van der Waals surface area contributed by atoms with Crippen molar-refractivity contribution in [1.82, 2.24) is 0 Å². The van der Waals surface area contributed by atoms with Gasteiger partial charge in [0.25, 0.3) is 0 Å². The zero-order valence-corrected chi connectivity index (χ0v) is 5.12. The van der Waals surface area contributed by atoms with Crippen LogP contribution in [0.2, 0.25) is 0 Å². The minimum atomic E-state index is -0.377. The van der Waals surface area contributed by atoms with Gasteiger partial charge in [0.2, 0.25) is 0 Å². The Hall–Kier alpha value is -0.120. The summed E-state index contributed by atoms with van der Waals surface area (Å²) in [5.41, 5.74) is 0. The fourth-order valence-corrected chi connectivity index (χ4v) is 1.45. The number of hydrogen-bond acceptors (Lipinski definition) is 3. The lowest BCUT2D eigenvalue weighted by Gasteiger charge is -2.08. The number of aliphatic hydroxyl groups is 1. The fourth-order valence-electron chi connectivity index (χ4n) is 1.45. The lowest BCUT2D eigenvalue weighted by Crippen LogP contribution is -2.26. The monoisotopic (exact) mass is 130 g/mol. The number of ether oxygens (including phenoxy) is 2. The van der Waals surface area contributed by atoms with Crippen molar-refractivity contribution < 1.29 is 14.6 Å². The summed E-state index contributed by atoms with van der Waals surface area (Å²) in [4.78, 5) is 0. The van der Waals surface area contributed by atoms with Gasteiger partial charge >= 0.3 is 0 Å². The molecular weight excluding hydrogens is 120 g/mol. The molecule has 52 valence electrons. The maximum absolute atomic E-state index is 9.15. The van der Waals surface area contributed by atoms with E-state index in [-0.39, 0.29) is 18.3 Å². The van der Waals surface area contributed by atoms with Gasteiger partial charge in [-0.05, 0) is 6.42 Å². The summed E-state index contributed by atoms with van der Waals surface area (Å²) in [6.07, 6.45) is 0.726. The van der Waals surface area contributed by atoms with Crippen LogP contribution in [-0.2, 0) is 9.47 Å². The topological polar surface area (TPSA) is 38.7 Å². The van der Waals surface area contributed by atoms with Gasteiger partial charge in [0.1, 0.15) is 12.2 Å². The molecule has 0 aliphatic carbocycles. The highest BCUT2D eigenvalue weighted by molar-refractivity contribution is 4.88. The molecule has 3 nitrogen and oxygen atoms in total. The average Bonchev–Trinajstić information content (AvgIpc) is 2.35. The molecule has 2 fully saturated rings. The smallest absolute Gasteiger partial charge is 0.112 e. The molecule has 0 amide bonds. The number of hydrogen-bond donors (Lipinski definition) is 1. The van der Waals surface area contributed by atoms with Crippen molar-refractivity contribution in [2.24, 2.45) is 0 Å². The van der Waals surface area contributed by atoms with Crippen molar-refractivity contribution in [2.45, 2.75) is 24.7 Å². The molecule has 0 aromatic heterocycles. The van der Waals surface area contributed by atoms with E-state index in [9.17, 15) is 0 Å². The lowest BCUT2D eigenvalue weighted by atomic mass is 10.1. The molecule has 0 bridgehead atoms. The molecule has 2 aliphatic heterocycles. The molecule has 2 unspecified atom stereocenters. The molecular formula is C6H10O3. The Kier molecular flexibility index (Phi) is 1.22. The van der Waals surface area contributed by atoms with Gasteiger partial charge in [-0.15, -0.1) is 0 Å². The van der Waals surface area contributed by atoms with E-state index in [1.165, 1.54) is 0 Å². The molecule has 0 spiro atoms. The van der Waals surface area contributed by atoms with Crippen LogP contribution in [0.4, 0.5) is 0 Å². The van der Waals surface area contributed by atoms with Gasteiger partial charge in [0, 0.05) is 6.61 Å². The predicted molar refractivity (Wildman–Crippen MR) is 30.1 cm³/mol. The van der Waals surface area contributed by atoms with Crippen molar-refractivity contribution in [1.29, 1.82) is 0 Å². The van der Waals surface area contributed by atoms with Crippen molar-refractivity contribution >= 4 is 0 Å². The molecule has 3 atom stereocenters. The normalized spacial score (nSPS) is 49.7. The van der Waals surface area contributed by atoms with Crippen molar-refractivity contribution in [2.75, 3.05) is 13.2 Å². The first kappa shape index (κ1) is 5.65. The number of rotatable bonds is 0. The fraction of sp³-hybridized carbons (Fsp3) is 1.00. The number of aliphatic hydroxyl groups excluding tert-OH is 1. The van der Waals surface area contributed by atoms with E-state index in [1.807, 2.05) is 0 Å². The van der Waals surface area contributed by atoms with Crippen LogP contribution in [-0.4, -0.2) is 36.6 Å². The molecule has 0 aromatic carbocycles. The Bertz CT molecular complexity index is 115. The second-order valence-corrected chi connectivity index (χ2v) is 2.56. The van der Waals surface area contributed by atoms with Crippen LogP contribution in [0.25, 0.3) is 0 Å². The van der Waals surface area contributed by atoms with Crippen LogP contribution in [0.5, 0.6) is 0 Å². The van der Waals surface area contributed by atoms with Crippen LogP contribution in [0.15, 0.2) is 0 Å². The largest absolute Gasteiger partial charge is 0.388 e. The molecule has 2 aliphatic rings. The molecule has 0 radical (unpaired) electrons. The van der Waals surface area contributed by atoms with Gasteiger partial charge in [-0.25, -0.2) is 0 Å². The molecule has 0 saturated carbocycles. The van der Waals surface area contributed by atoms with E-state index in [0.717, 1.165) is 13.0 Å². The average molecular weight is 130 g/mol. The summed E-state index contributed by atoms with van der Waals surface area (Å²) >= 11 is 0. The Morgan fingerprint density at radius 2 is 2.22 bits per heavy atom. The van der Waals surface area contributed by atoms with Gasteiger partial charge < -0.3 is 14.6 Å². The molecule has 2 heterocycles.